The van der Waals surface area contributed by atoms with Gasteiger partial charge in [-0.3, -0.25) is 0 Å². The first-order valence-corrected chi connectivity index (χ1v) is 11.2. The highest BCUT2D eigenvalue weighted by molar-refractivity contribution is 9.11. The van der Waals surface area contributed by atoms with E-state index in [-0.39, 0.29) is 0 Å². The number of nitrogens with one attached hydrogen (secondary N) is 1. The second kappa shape index (κ2) is 7.16. The summed E-state index contributed by atoms with van der Waals surface area (Å²) >= 11 is 7.57. The molecule has 0 aliphatic heterocycles. The van der Waals surface area contributed by atoms with Gasteiger partial charge >= 0.3 is 0 Å². The summed E-state index contributed by atoms with van der Waals surface area (Å²) in [5, 5.41) is 2.44. The van der Waals surface area contributed by atoms with Crippen molar-refractivity contribution in [2.24, 2.45) is 0 Å². The highest BCUT2D eigenvalue weighted by atomic mass is 79.9. The van der Waals surface area contributed by atoms with Crippen LogP contribution in [-0.2, 0) is 0 Å². The Balaban J connectivity index is 1.77. The molecule has 3 heteroatoms. The minimum Gasteiger partial charge on any atom is -0.353 e. The first-order valence-electron chi connectivity index (χ1n) is 9.58. The zero-order valence-electron chi connectivity index (χ0n) is 16.2. The van der Waals surface area contributed by atoms with Gasteiger partial charge in [0.2, 0.25) is 0 Å². The molecule has 1 N–H and O–H groups in total. The minimum absolute atomic E-state index is 1.07. The lowest BCUT2D eigenvalue weighted by Gasteiger charge is -2.06. The Morgan fingerprint density at radius 3 is 1.28 bits per heavy atom. The number of aromatic nitrogens is 1. The molecule has 4 aromatic carbocycles. The monoisotopic (exact) mass is 503 g/mol. The number of benzene rings is 4. The molecule has 0 spiro atoms. The van der Waals surface area contributed by atoms with Gasteiger partial charge < -0.3 is 4.98 Å². The van der Waals surface area contributed by atoms with E-state index in [9.17, 15) is 0 Å². The fourth-order valence-corrected chi connectivity index (χ4v) is 4.96. The highest BCUT2D eigenvalue weighted by Gasteiger charge is 2.14. The quantitative estimate of drug-likeness (QED) is 0.247. The number of fused-ring (bicyclic) bond motifs is 3. The number of H-pyrrole nitrogens is 1. The van der Waals surface area contributed by atoms with Crippen LogP contribution in [0.2, 0.25) is 0 Å². The molecule has 0 unspecified atom stereocenters. The summed E-state index contributed by atoms with van der Waals surface area (Å²) < 4.78 is 2.15. The zero-order chi connectivity index (χ0) is 20.1. The van der Waals surface area contributed by atoms with Crippen LogP contribution in [0.25, 0.3) is 44.1 Å². The molecule has 0 bridgehead atoms. The smallest absolute Gasteiger partial charge is 0.0609 e. The fourth-order valence-electron chi connectivity index (χ4n) is 3.84. The Bertz CT molecular complexity index is 1260. The van der Waals surface area contributed by atoms with Gasteiger partial charge in [0, 0.05) is 19.7 Å². The number of aromatic amines is 1. The van der Waals surface area contributed by atoms with E-state index >= 15 is 0 Å². The topological polar surface area (TPSA) is 15.8 Å². The second-order valence-corrected chi connectivity index (χ2v) is 9.33. The normalized spacial score (nSPS) is 11.4. The van der Waals surface area contributed by atoms with Gasteiger partial charge in [-0.15, -0.1) is 0 Å². The molecular weight excluding hydrogens is 486 g/mol. The zero-order valence-corrected chi connectivity index (χ0v) is 19.4. The molecule has 0 radical (unpaired) electrons. The lowest BCUT2D eigenvalue weighted by Crippen LogP contribution is -1.81. The van der Waals surface area contributed by atoms with Gasteiger partial charge in [-0.05, 0) is 92.2 Å². The standard InChI is InChI=1S/C26H19Br2N/c1-15-3-7-17(8-4-15)19-11-21-22-12-20(18-9-5-16(2)6-10-18)14-24(28)26(22)29-25(21)23(27)13-19/h3-14,29H,1-2H3. The predicted molar refractivity (Wildman–Crippen MR) is 132 cm³/mol. The van der Waals surface area contributed by atoms with Crippen molar-refractivity contribution in [2.45, 2.75) is 13.8 Å². The molecule has 1 aromatic heterocycles. The Kier molecular flexibility index (Phi) is 4.60. The van der Waals surface area contributed by atoms with Gasteiger partial charge in [-0.25, -0.2) is 0 Å². The molecule has 0 amide bonds. The van der Waals surface area contributed by atoms with E-state index in [1.807, 2.05) is 0 Å². The number of aryl methyl sites for hydroxylation is 2. The molecule has 0 aliphatic rings. The van der Waals surface area contributed by atoms with Crippen molar-refractivity contribution >= 4 is 53.7 Å². The summed E-state index contributed by atoms with van der Waals surface area (Å²) in [6.45, 7) is 4.24. The number of rotatable bonds is 2. The highest BCUT2D eigenvalue weighted by Crippen LogP contribution is 2.39. The average Bonchev–Trinajstić information content (AvgIpc) is 3.09. The summed E-state index contributed by atoms with van der Waals surface area (Å²) in [5.41, 5.74) is 9.66. The second-order valence-electron chi connectivity index (χ2n) is 7.62. The molecule has 142 valence electrons. The molecule has 0 saturated heterocycles. The number of hydrogen-bond donors (Lipinski definition) is 1. The van der Waals surface area contributed by atoms with Gasteiger partial charge in [0.05, 0.1) is 11.0 Å². The summed E-state index contributed by atoms with van der Waals surface area (Å²) in [4.78, 5) is 3.60. The van der Waals surface area contributed by atoms with Gasteiger partial charge in [-0.2, -0.15) is 0 Å². The number of halogens is 2. The molecule has 5 rings (SSSR count). The lowest BCUT2D eigenvalue weighted by atomic mass is 9.99. The molecule has 0 aliphatic carbocycles. The first kappa shape index (κ1) is 18.7. The maximum absolute atomic E-state index is 3.79. The Morgan fingerprint density at radius 1 is 0.517 bits per heavy atom. The van der Waals surface area contributed by atoms with Crippen molar-refractivity contribution < 1.29 is 0 Å². The van der Waals surface area contributed by atoms with Gasteiger partial charge in [0.1, 0.15) is 0 Å². The van der Waals surface area contributed by atoms with E-state index in [1.54, 1.807) is 0 Å². The van der Waals surface area contributed by atoms with Gasteiger partial charge in [0.15, 0.2) is 0 Å². The average molecular weight is 505 g/mol. The van der Waals surface area contributed by atoms with Crippen LogP contribution in [0.4, 0.5) is 0 Å². The van der Waals surface area contributed by atoms with Crippen molar-refractivity contribution in [3.63, 3.8) is 0 Å². The van der Waals surface area contributed by atoms with Crippen LogP contribution in [0.5, 0.6) is 0 Å². The van der Waals surface area contributed by atoms with Crippen molar-refractivity contribution in [3.8, 4) is 22.3 Å². The van der Waals surface area contributed by atoms with Crippen molar-refractivity contribution in [1.29, 1.82) is 0 Å². The Hall–Kier alpha value is -2.36. The van der Waals surface area contributed by atoms with Crippen LogP contribution in [-0.4, -0.2) is 4.98 Å². The van der Waals surface area contributed by atoms with Crippen LogP contribution in [0.1, 0.15) is 11.1 Å². The molecule has 29 heavy (non-hydrogen) atoms. The predicted octanol–water partition coefficient (Wildman–Crippen LogP) is 8.80. The van der Waals surface area contributed by atoms with Crippen LogP contribution < -0.4 is 0 Å². The largest absolute Gasteiger partial charge is 0.353 e. The summed E-state index contributed by atoms with van der Waals surface area (Å²) in [7, 11) is 0. The van der Waals surface area contributed by atoms with Crippen molar-refractivity contribution in [1.82, 2.24) is 4.98 Å². The molecular formula is C26H19Br2N. The third kappa shape index (κ3) is 3.33. The van der Waals surface area contributed by atoms with Crippen LogP contribution in [0.15, 0.2) is 81.7 Å². The van der Waals surface area contributed by atoms with E-state index in [2.05, 4.69) is 123 Å². The SMILES string of the molecule is Cc1ccc(-c2cc(Br)c3[nH]c4c(Br)cc(-c5ccc(C)cc5)cc4c3c2)cc1. The van der Waals surface area contributed by atoms with Crippen LogP contribution >= 0.6 is 31.9 Å². The van der Waals surface area contributed by atoms with E-state index < -0.39 is 0 Å². The van der Waals surface area contributed by atoms with E-state index in [4.69, 9.17) is 0 Å². The van der Waals surface area contributed by atoms with Crippen molar-refractivity contribution in [2.75, 3.05) is 0 Å². The summed E-state index contributed by atoms with van der Waals surface area (Å²) in [6.07, 6.45) is 0. The summed E-state index contributed by atoms with van der Waals surface area (Å²) in [5.74, 6) is 0. The maximum Gasteiger partial charge on any atom is 0.0609 e. The third-order valence-corrected chi connectivity index (χ3v) is 6.74. The molecule has 0 atom stereocenters. The summed E-state index contributed by atoms with van der Waals surface area (Å²) in [6, 6.07) is 26.3. The first-order chi connectivity index (χ1) is 14.0. The van der Waals surface area contributed by atoms with E-state index in [0.717, 1.165) is 20.0 Å². The molecule has 1 heterocycles. The molecule has 1 nitrogen and oxygen atoms in total. The molecule has 0 saturated carbocycles. The van der Waals surface area contributed by atoms with Crippen LogP contribution in [0, 0.1) is 13.8 Å². The molecule has 0 fully saturated rings. The third-order valence-electron chi connectivity index (χ3n) is 5.49. The maximum atomic E-state index is 3.79. The fraction of sp³-hybridized carbons (Fsp3) is 0.0769. The minimum atomic E-state index is 1.07. The van der Waals surface area contributed by atoms with Gasteiger partial charge in [-0.1, -0.05) is 59.7 Å². The van der Waals surface area contributed by atoms with E-state index in [1.165, 1.54) is 44.2 Å². The Morgan fingerprint density at radius 2 is 0.897 bits per heavy atom. The van der Waals surface area contributed by atoms with Gasteiger partial charge in [0.25, 0.3) is 0 Å². The van der Waals surface area contributed by atoms with E-state index in [0.29, 0.717) is 0 Å². The van der Waals surface area contributed by atoms with Crippen molar-refractivity contribution in [3.05, 3.63) is 92.9 Å². The molecule has 5 aromatic rings. The number of hydrogen-bond acceptors (Lipinski definition) is 0. The Labute approximate surface area is 187 Å². The van der Waals surface area contributed by atoms with Crippen LogP contribution in [0.3, 0.4) is 0 Å². The lowest BCUT2D eigenvalue weighted by molar-refractivity contribution is 1.46.